The Labute approximate surface area is 351 Å². The minimum absolute atomic E-state index is 0.0394. The van der Waals surface area contributed by atoms with Crippen molar-refractivity contribution in [2.45, 2.75) is 245 Å². The number of hydrogen-bond donors (Lipinski definition) is 6. The molecule has 0 rings (SSSR count). The van der Waals surface area contributed by atoms with E-state index in [9.17, 15) is 4.79 Å². The summed E-state index contributed by atoms with van der Waals surface area (Å²) in [4.78, 5) is 11.1. The van der Waals surface area contributed by atoms with Crippen molar-refractivity contribution < 1.29 is 9.90 Å². The molecule has 8 heteroatoms. The lowest BCUT2D eigenvalue weighted by molar-refractivity contribution is -0.137. The van der Waals surface area contributed by atoms with Gasteiger partial charge in [0.05, 0.1) is 0 Å². The van der Waals surface area contributed by atoms with Crippen molar-refractivity contribution in [1.29, 1.82) is 0 Å². The fourth-order valence-electron chi connectivity index (χ4n) is 7.35. The van der Waals surface area contributed by atoms with Gasteiger partial charge in [0.1, 0.15) is 6.54 Å². The summed E-state index contributed by atoms with van der Waals surface area (Å²) in [5.74, 6) is -0.765. The van der Waals surface area contributed by atoms with Gasteiger partial charge in [-0.15, -0.1) is 0 Å². The van der Waals surface area contributed by atoms with Crippen LogP contribution < -0.4 is 27.5 Å². The molecule has 0 aliphatic carbocycles. The maximum Gasteiger partial charge on any atom is 0.318 e. The number of carbonyl (C=O) groups is 1. The first-order chi connectivity index (χ1) is 27.6. The highest BCUT2D eigenvalue weighted by atomic mass is 16.4. The SMILES string of the molecule is CCCCCCCCCCCCCCCCCCN(CCCCCCCCCCCCCCCCCC)NCC(=O)O.NCCCNCCCCNCCCN. The molecule has 8 N–H and O–H groups in total. The summed E-state index contributed by atoms with van der Waals surface area (Å²) in [5, 5.41) is 18.0. The van der Waals surface area contributed by atoms with Crippen LogP contribution in [0.2, 0.25) is 0 Å². The molecule has 8 nitrogen and oxygen atoms in total. The van der Waals surface area contributed by atoms with Gasteiger partial charge in [-0.05, 0) is 77.8 Å². The quantitative estimate of drug-likeness (QED) is 0.0265. The van der Waals surface area contributed by atoms with Gasteiger partial charge in [-0.3, -0.25) is 4.79 Å². The van der Waals surface area contributed by atoms with Crippen LogP contribution in [-0.4, -0.2) is 75.0 Å². The zero-order valence-electron chi connectivity index (χ0n) is 38.3. The highest BCUT2D eigenvalue weighted by Gasteiger charge is 2.07. The van der Waals surface area contributed by atoms with E-state index >= 15 is 0 Å². The Kier molecular flexibility index (Phi) is 55.5. The van der Waals surface area contributed by atoms with Gasteiger partial charge in [0, 0.05) is 13.1 Å². The molecule has 0 unspecified atom stereocenters. The third-order valence-electron chi connectivity index (χ3n) is 11.1. The smallest absolute Gasteiger partial charge is 0.318 e. The minimum Gasteiger partial charge on any atom is -0.480 e. The topological polar surface area (TPSA) is 129 Å². The van der Waals surface area contributed by atoms with E-state index in [1.165, 1.54) is 218 Å². The van der Waals surface area contributed by atoms with Crippen molar-refractivity contribution in [1.82, 2.24) is 21.1 Å². The molecule has 0 fully saturated rings. The van der Waals surface area contributed by atoms with E-state index in [1.54, 1.807) is 0 Å². The predicted octanol–water partition coefficient (Wildman–Crippen LogP) is 12.0. The number of unbranched alkanes of at least 4 members (excludes halogenated alkanes) is 31. The monoisotopic (exact) mass is 797 g/mol. The summed E-state index contributed by atoms with van der Waals surface area (Å²) in [5.41, 5.74) is 13.9. The van der Waals surface area contributed by atoms with Crippen LogP contribution in [0.25, 0.3) is 0 Å². The second-order valence-electron chi connectivity index (χ2n) is 16.8. The van der Waals surface area contributed by atoms with E-state index in [-0.39, 0.29) is 6.54 Å². The summed E-state index contributed by atoms with van der Waals surface area (Å²) in [6.07, 6.45) is 49.0. The standard InChI is InChI=1S/C38H78N2O2.C10H26N4/c1-3-5-7-9-11-13-15-17-19-21-23-25-27-29-31-33-35-40(39-37-38(41)42)36-34-32-30-28-26-24-22-20-18-16-14-12-10-8-6-4-2;11-5-3-9-13-7-1-2-8-14-10-4-6-12/h39H,3-37H2,1-2H3,(H,41,42);13-14H,1-12H2. The number of carboxylic acids is 1. The van der Waals surface area contributed by atoms with E-state index in [0.29, 0.717) is 0 Å². The van der Waals surface area contributed by atoms with Crippen LogP contribution in [0.3, 0.4) is 0 Å². The molecule has 0 spiro atoms. The molecule has 0 bridgehead atoms. The molecule has 338 valence electrons. The Morgan fingerprint density at radius 3 is 0.893 bits per heavy atom. The second kappa shape index (κ2) is 54.2. The van der Waals surface area contributed by atoms with Crippen LogP contribution in [-0.2, 0) is 4.79 Å². The number of nitrogens with two attached hydrogens (primary N) is 2. The summed E-state index contributed by atoms with van der Waals surface area (Å²) >= 11 is 0. The van der Waals surface area contributed by atoms with Crippen molar-refractivity contribution in [2.24, 2.45) is 11.5 Å². The normalized spacial score (nSPS) is 11.4. The molecule has 0 aliphatic rings. The van der Waals surface area contributed by atoms with Gasteiger partial charge in [0.15, 0.2) is 0 Å². The van der Waals surface area contributed by atoms with Gasteiger partial charge in [-0.1, -0.05) is 206 Å². The molecule has 56 heavy (non-hydrogen) atoms. The number of hydrogen-bond acceptors (Lipinski definition) is 7. The first-order valence-electron chi connectivity index (χ1n) is 25.1. The van der Waals surface area contributed by atoms with Crippen LogP contribution in [0.5, 0.6) is 0 Å². The molecule has 0 amide bonds. The van der Waals surface area contributed by atoms with Crippen LogP contribution in [0.4, 0.5) is 0 Å². The Balaban J connectivity index is 0. The third-order valence-corrected chi connectivity index (χ3v) is 11.1. The lowest BCUT2D eigenvalue weighted by atomic mass is 10.0. The van der Waals surface area contributed by atoms with Gasteiger partial charge < -0.3 is 27.2 Å². The number of hydrazine groups is 1. The molecule has 0 aromatic carbocycles. The van der Waals surface area contributed by atoms with Crippen molar-refractivity contribution in [3.8, 4) is 0 Å². The van der Waals surface area contributed by atoms with Gasteiger partial charge >= 0.3 is 5.97 Å². The van der Waals surface area contributed by atoms with Crippen molar-refractivity contribution in [3.05, 3.63) is 0 Å². The molecule has 0 aliphatic heterocycles. The maximum absolute atomic E-state index is 11.1. The number of nitrogens with one attached hydrogen (secondary N) is 3. The Bertz CT molecular complexity index is 653. The van der Waals surface area contributed by atoms with Gasteiger partial charge in [-0.2, -0.15) is 0 Å². The summed E-state index contributed by atoms with van der Waals surface area (Å²) in [7, 11) is 0. The molecule has 0 atom stereocenters. The van der Waals surface area contributed by atoms with Crippen LogP contribution in [0.1, 0.15) is 245 Å². The lowest BCUT2D eigenvalue weighted by Gasteiger charge is -2.22. The fourth-order valence-corrected chi connectivity index (χ4v) is 7.35. The highest BCUT2D eigenvalue weighted by Crippen LogP contribution is 2.15. The van der Waals surface area contributed by atoms with Gasteiger partial charge in [0.25, 0.3) is 0 Å². The van der Waals surface area contributed by atoms with Gasteiger partial charge in [0.2, 0.25) is 0 Å². The molecule has 0 aromatic heterocycles. The van der Waals surface area contributed by atoms with Gasteiger partial charge in [-0.25, -0.2) is 10.4 Å². The average Bonchev–Trinajstić information content (AvgIpc) is 3.20. The van der Waals surface area contributed by atoms with Crippen LogP contribution in [0.15, 0.2) is 0 Å². The average molecular weight is 797 g/mol. The van der Waals surface area contributed by atoms with E-state index in [4.69, 9.17) is 16.6 Å². The zero-order chi connectivity index (χ0) is 41.1. The largest absolute Gasteiger partial charge is 0.480 e. The molecule has 0 saturated heterocycles. The van der Waals surface area contributed by atoms with Crippen molar-refractivity contribution in [2.75, 3.05) is 58.9 Å². The van der Waals surface area contributed by atoms with E-state index < -0.39 is 5.97 Å². The molecular weight excluding hydrogens is 693 g/mol. The molecule has 0 heterocycles. The number of carboxylic acid groups (broad SMARTS) is 1. The van der Waals surface area contributed by atoms with Crippen molar-refractivity contribution in [3.63, 3.8) is 0 Å². The summed E-state index contributed by atoms with van der Waals surface area (Å²) in [6, 6.07) is 0. The summed E-state index contributed by atoms with van der Waals surface area (Å²) < 4.78 is 0. The molecular formula is C48H104N6O2. The van der Waals surface area contributed by atoms with Crippen LogP contribution in [0, 0.1) is 0 Å². The third kappa shape index (κ3) is 55.3. The molecule has 0 saturated carbocycles. The number of aliphatic carboxylic acids is 1. The number of nitrogens with zero attached hydrogens (tertiary/aromatic N) is 1. The fraction of sp³-hybridized carbons (Fsp3) is 0.979. The Hall–Kier alpha value is -0.770. The first kappa shape index (κ1) is 57.3. The minimum atomic E-state index is -0.765. The van der Waals surface area contributed by atoms with Crippen LogP contribution >= 0.6 is 0 Å². The maximum atomic E-state index is 11.1. The zero-order valence-corrected chi connectivity index (χ0v) is 38.3. The predicted molar refractivity (Wildman–Crippen MR) is 249 cm³/mol. The lowest BCUT2D eigenvalue weighted by Crippen LogP contribution is -2.42. The highest BCUT2D eigenvalue weighted by molar-refractivity contribution is 5.68. The summed E-state index contributed by atoms with van der Waals surface area (Å²) in [6.45, 7) is 12.5. The van der Waals surface area contributed by atoms with E-state index in [0.717, 1.165) is 65.2 Å². The molecule has 0 aromatic rings. The van der Waals surface area contributed by atoms with E-state index in [2.05, 4.69) is 34.9 Å². The second-order valence-corrected chi connectivity index (χ2v) is 16.8. The van der Waals surface area contributed by atoms with E-state index in [1.807, 2.05) is 0 Å². The first-order valence-corrected chi connectivity index (χ1v) is 25.1. The Morgan fingerprint density at radius 2 is 0.643 bits per heavy atom. The van der Waals surface area contributed by atoms with Crippen molar-refractivity contribution >= 4 is 5.97 Å². The Morgan fingerprint density at radius 1 is 0.393 bits per heavy atom. The number of rotatable bonds is 48. The molecule has 0 radical (unpaired) electrons.